The third kappa shape index (κ3) is 4.18. The standard InChI is InChI=1S/C24H27N3O4S/c1-16-20(26(2)3)13-17(14-21(16)27(4)5)24-30-22-12-11-18(15-23(22)31-24)25-32(28,29)19-9-7-6-8-10-19/h6-15,24-25H,1-5H3. The molecule has 0 bridgehead atoms. The van der Waals surface area contributed by atoms with Crippen LogP contribution in [0.25, 0.3) is 0 Å². The molecule has 0 fully saturated rings. The van der Waals surface area contributed by atoms with Crippen LogP contribution in [0.2, 0.25) is 0 Å². The van der Waals surface area contributed by atoms with E-state index < -0.39 is 16.3 Å². The summed E-state index contributed by atoms with van der Waals surface area (Å²) in [6.45, 7) is 2.09. The Bertz CT molecular complexity index is 1210. The Balaban J connectivity index is 1.60. The topological polar surface area (TPSA) is 71.1 Å². The number of ether oxygens (including phenoxy) is 2. The van der Waals surface area contributed by atoms with Crippen LogP contribution in [0.5, 0.6) is 11.5 Å². The zero-order valence-electron chi connectivity index (χ0n) is 18.8. The number of benzene rings is 3. The summed E-state index contributed by atoms with van der Waals surface area (Å²) in [6.07, 6.45) is -0.621. The first kappa shape index (κ1) is 21.8. The molecule has 7 nitrogen and oxygen atoms in total. The van der Waals surface area contributed by atoms with Crippen molar-refractivity contribution in [3.05, 3.63) is 71.8 Å². The number of nitrogens with zero attached hydrogens (tertiary/aromatic N) is 2. The monoisotopic (exact) mass is 453 g/mol. The molecule has 32 heavy (non-hydrogen) atoms. The van der Waals surface area contributed by atoms with E-state index >= 15 is 0 Å². The molecular weight excluding hydrogens is 426 g/mol. The molecule has 1 unspecified atom stereocenters. The summed E-state index contributed by atoms with van der Waals surface area (Å²) in [7, 11) is 4.32. The van der Waals surface area contributed by atoms with E-state index in [0.29, 0.717) is 17.2 Å². The molecule has 4 rings (SSSR count). The molecule has 0 aromatic heterocycles. The minimum atomic E-state index is -3.69. The maximum atomic E-state index is 12.6. The first-order valence-corrected chi connectivity index (χ1v) is 11.7. The van der Waals surface area contributed by atoms with Crippen molar-refractivity contribution in [3.63, 3.8) is 0 Å². The molecule has 0 amide bonds. The van der Waals surface area contributed by atoms with Crippen molar-refractivity contribution < 1.29 is 17.9 Å². The number of sulfonamides is 1. The van der Waals surface area contributed by atoms with E-state index in [9.17, 15) is 8.42 Å². The number of fused-ring (bicyclic) bond motifs is 1. The van der Waals surface area contributed by atoms with Gasteiger partial charge < -0.3 is 19.3 Å². The highest BCUT2D eigenvalue weighted by molar-refractivity contribution is 7.92. The smallest absolute Gasteiger partial charge is 0.268 e. The fourth-order valence-corrected chi connectivity index (χ4v) is 4.81. The Hall–Kier alpha value is -3.39. The van der Waals surface area contributed by atoms with Gasteiger partial charge in [0.2, 0.25) is 0 Å². The molecule has 1 heterocycles. The summed E-state index contributed by atoms with van der Waals surface area (Å²) in [5, 5.41) is 0. The Morgan fingerprint density at radius 2 is 1.41 bits per heavy atom. The zero-order chi connectivity index (χ0) is 23.0. The Morgan fingerprint density at radius 1 is 0.812 bits per heavy atom. The molecule has 0 saturated carbocycles. The molecule has 0 spiro atoms. The van der Waals surface area contributed by atoms with Gasteiger partial charge in [-0.2, -0.15) is 0 Å². The van der Waals surface area contributed by atoms with Crippen molar-refractivity contribution in [2.45, 2.75) is 18.1 Å². The van der Waals surface area contributed by atoms with Crippen molar-refractivity contribution in [1.82, 2.24) is 0 Å². The van der Waals surface area contributed by atoms with Crippen LogP contribution in [-0.2, 0) is 10.0 Å². The fraction of sp³-hybridized carbons (Fsp3) is 0.250. The summed E-state index contributed by atoms with van der Waals surface area (Å²) >= 11 is 0. The summed E-state index contributed by atoms with van der Waals surface area (Å²) < 4.78 is 40.0. The lowest BCUT2D eigenvalue weighted by atomic mass is 10.1. The van der Waals surface area contributed by atoms with Crippen LogP contribution in [0.15, 0.2) is 65.6 Å². The molecular formula is C24H27N3O4S. The number of nitrogens with one attached hydrogen (secondary N) is 1. The van der Waals surface area contributed by atoms with Gasteiger partial charge in [0.05, 0.1) is 10.6 Å². The minimum absolute atomic E-state index is 0.197. The van der Waals surface area contributed by atoms with E-state index in [4.69, 9.17) is 9.47 Å². The van der Waals surface area contributed by atoms with Gasteiger partial charge in [-0.25, -0.2) is 8.42 Å². The molecule has 8 heteroatoms. The Labute approximate surface area is 189 Å². The fourth-order valence-electron chi connectivity index (χ4n) is 3.74. The molecule has 1 aliphatic rings. The van der Waals surface area contributed by atoms with E-state index in [1.165, 1.54) is 0 Å². The average molecular weight is 454 g/mol. The molecule has 0 radical (unpaired) electrons. The molecule has 3 aromatic carbocycles. The highest BCUT2D eigenvalue weighted by atomic mass is 32.2. The van der Waals surface area contributed by atoms with Crippen LogP contribution in [0.3, 0.4) is 0 Å². The van der Waals surface area contributed by atoms with Crippen LogP contribution >= 0.6 is 0 Å². The van der Waals surface area contributed by atoms with Gasteiger partial charge in [0, 0.05) is 51.2 Å². The number of rotatable bonds is 6. The molecule has 1 aliphatic heterocycles. The van der Waals surface area contributed by atoms with Crippen LogP contribution in [0.1, 0.15) is 17.4 Å². The molecule has 1 N–H and O–H groups in total. The van der Waals surface area contributed by atoms with Gasteiger partial charge in [-0.15, -0.1) is 0 Å². The third-order valence-corrected chi connectivity index (χ3v) is 6.73. The molecule has 3 aromatic rings. The van der Waals surface area contributed by atoms with E-state index in [-0.39, 0.29) is 4.90 Å². The summed E-state index contributed by atoms with van der Waals surface area (Å²) in [6, 6.07) is 17.4. The third-order valence-electron chi connectivity index (χ3n) is 5.33. The first-order chi connectivity index (χ1) is 15.2. The lowest BCUT2D eigenvalue weighted by Gasteiger charge is -2.25. The molecule has 0 saturated heterocycles. The number of hydrogen-bond donors (Lipinski definition) is 1. The van der Waals surface area contributed by atoms with E-state index in [1.807, 2.05) is 28.2 Å². The first-order valence-electron chi connectivity index (χ1n) is 10.2. The van der Waals surface area contributed by atoms with Crippen molar-refractivity contribution >= 4 is 27.1 Å². The second-order valence-electron chi connectivity index (χ2n) is 8.12. The lowest BCUT2D eigenvalue weighted by molar-refractivity contribution is 0.0488. The van der Waals surface area contributed by atoms with Crippen LogP contribution in [0.4, 0.5) is 17.1 Å². The maximum absolute atomic E-state index is 12.6. The van der Waals surface area contributed by atoms with E-state index in [2.05, 4.69) is 33.6 Å². The highest BCUT2D eigenvalue weighted by Crippen LogP contribution is 2.44. The van der Waals surface area contributed by atoms with E-state index in [1.54, 1.807) is 48.5 Å². The van der Waals surface area contributed by atoms with Crippen molar-refractivity contribution in [2.75, 3.05) is 42.7 Å². The summed E-state index contributed by atoms with van der Waals surface area (Å²) in [5.74, 6) is 1.05. The van der Waals surface area contributed by atoms with Crippen LogP contribution < -0.4 is 24.0 Å². The van der Waals surface area contributed by atoms with Crippen LogP contribution in [-0.4, -0.2) is 36.6 Å². The second kappa shape index (κ2) is 8.27. The predicted octanol–water partition coefficient (Wildman–Crippen LogP) is 4.40. The normalized spacial score (nSPS) is 14.8. The minimum Gasteiger partial charge on any atom is -0.447 e. The SMILES string of the molecule is Cc1c(N(C)C)cc(C2Oc3ccc(NS(=O)(=O)c4ccccc4)cc3O2)cc1N(C)C. The van der Waals surface area contributed by atoms with Crippen molar-refractivity contribution in [1.29, 1.82) is 0 Å². The molecule has 168 valence electrons. The Kier molecular flexibility index (Phi) is 5.64. The van der Waals surface area contributed by atoms with Crippen LogP contribution in [0, 0.1) is 6.92 Å². The van der Waals surface area contributed by atoms with Gasteiger partial charge in [0.15, 0.2) is 11.5 Å². The number of hydrogen-bond acceptors (Lipinski definition) is 6. The quantitative estimate of drug-likeness (QED) is 0.597. The molecule has 1 atom stereocenters. The van der Waals surface area contributed by atoms with Gasteiger partial charge in [0.25, 0.3) is 16.3 Å². The van der Waals surface area contributed by atoms with Gasteiger partial charge in [-0.3, -0.25) is 4.72 Å². The van der Waals surface area contributed by atoms with E-state index in [0.717, 1.165) is 22.5 Å². The second-order valence-corrected chi connectivity index (χ2v) is 9.80. The number of anilines is 3. The summed E-state index contributed by atoms with van der Waals surface area (Å²) in [4.78, 5) is 4.32. The zero-order valence-corrected chi connectivity index (χ0v) is 19.6. The van der Waals surface area contributed by atoms with Gasteiger partial charge in [0.1, 0.15) is 0 Å². The predicted molar refractivity (Wildman–Crippen MR) is 128 cm³/mol. The maximum Gasteiger partial charge on any atom is 0.268 e. The largest absolute Gasteiger partial charge is 0.447 e. The van der Waals surface area contributed by atoms with Crippen molar-refractivity contribution in [2.24, 2.45) is 0 Å². The average Bonchev–Trinajstić information content (AvgIpc) is 3.17. The van der Waals surface area contributed by atoms with Gasteiger partial charge in [-0.1, -0.05) is 18.2 Å². The lowest BCUT2D eigenvalue weighted by Crippen LogP contribution is -2.18. The van der Waals surface area contributed by atoms with Gasteiger partial charge >= 0.3 is 0 Å². The summed E-state index contributed by atoms with van der Waals surface area (Å²) in [5.41, 5.74) is 4.60. The highest BCUT2D eigenvalue weighted by Gasteiger charge is 2.28. The van der Waals surface area contributed by atoms with Crippen molar-refractivity contribution in [3.8, 4) is 11.5 Å². The van der Waals surface area contributed by atoms with Gasteiger partial charge in [-0.05, 0) is 48.9 Å². The Morgan fingerprint density at radius 3 is 2.00 bits per heavy atom. The molecule has 0 aliphatic carbocycles.